The molecule has 1 aromatic carbocycles. The molecule has 0 saturated carbocycles. The Kier molecular flexibility index (Phi) is 5.17. The fourth-order valence-corrected chi connectivity index (χ4v) is 2.95. The van der Waals surface area contributed by atoms with Crippen molar-refractivity contribution in [2.24, 2.45) is 0 Å². The van der Waals surface area contributed by atoms with Crippen LogP contribution < -0.4 is 10.6 Å². The molecule has 2 aromatic rings. The highest BCUT2D eigenvalue weighted by Gasteiger charge is 2.07. The number of rotatable bonds is 5. The highest BCUT2D eigenvalue weighted by molar-refractivity contribution is 7.16. The SMILES string of the molecule is CC(=O)Nc1cccc([C@H](C)NCc2ccc(Cl)s2)c1. The minimum atomic E-state index is -0.0593. The van der Waals surface area contributed by atoms with E-state index < -0.39 is 0 Å². The summed E-state index contributed by atoms with van der Waals surface area (Å²) < 4.78 is 0.808. The third kappa shape index (κ3) is 4.34. The third-order valence-electron chi connectivity index (χ3n) is 2.92. The van der Waals surface area contributed by atoms with E-state index in [-0.39, 0.29) is 11.9 Å². The molecule has 0 saturated heterocycles. The zero-order valence-corrected chi connectivity index (χ0v) is 13.0. The van der Waals surface area contributed by atoms with Crippen LogP contribution in [-0.4, -0.2) is 5.91 Å². The van der Waals surface area contributed by atoms with Crippen LogP contribution in [0.5, 0.6) is 0 Å². The molecule has 1 amide bonds. The number of thiophene rings is 1. The first-order valence-electron chi connectivity index (χ1n) is 6.40. The maximum atomic E-state index is 11.1. The Bertz CT molecular complexity index is 597. The molecule has 20 heavy (non-hydrogen) atoms. The van der Waals surface area contributed by atoms with Gasteiger partial charge in [0.25, 0.3) is 0 Å². The molecular formula is C15H17ClN2OS. The maximum absolute atomic E-state index is 11.1. The fourth-order valence-electron chi connectivity index (χ4n) is 1.91. The number of amides is 1. The number of carbonyl (C=O) groups excluding carboxylic acids is 1. The van der Waals surface area contributed by atoms with Gasteiger partial charge in [0.05, 0.1) is 4.34 Å². The summed E-state index contributed by atoms with van der Waals surface area (Å²) in [6, 6.07) is 12.0. The molecule has 0 aliphatic rings. The molecule has 5 heteroatoms. The van der Waals surface area contributed by atoms with Crippen LogP contribution in [0.1, 0.15) is 30.3 Å². The quantitative estimate of drug-likeness (QED) is 0.868. The monoisotopic (exact) mass is 308 g/mol. The molecule has 0 radical (unpaired) electrons. The summed E-state index contributed by atoms with van der Waals surface area (Å²) >= 11 is 7.49. The highest BCUT2D eigenvalue weighted by Crippen LogP contribution is 2.23. The van der Waals surface area contributed by atoms with E-state index in [1.807, 2.05) is 36.4 Å². The van der Waals surface area contributed by atoms with E-state index in [0.29, 0.717) is 0 Å². The summed E-state index contributed by atoms with van der Waals surface area (Å²) in [6.45, 7) is 4.39. The van der Waals surface area contributed by atoms with Crippen LogP contribution in [0.3, 0.4) is 0 Å². The molecule has 0 aliphatic carbocycles. The summed E-state index contributed by atoms with van der Waals surface area (Å²) in [5.74, 6) is -0.0593. The average molecular weight is 309 g/mol. The first-order chi connectivity index (χ1) is 9.54. The number of hydrogen-bond acceptors (Lipinski definition) is 3. The van der Waals surface area contributed by atoms with Crippen molar-refractivity contribution in [3.05, 3.63) is 51.2 Å². The third-order valence-corrected chi connectivity index (χ3v) is 4.15. The van der Waals surface area contributed by atoms with Crippen molar-refractivity contribution in [3.8, 4) is 0 Å². The number of anilines is 1. The standard InChI is InChI=1S/C15H17ClN2OS/c1-10(17-9-14-6-7-15(16)20-14)12-4-3-5-13(8-12)18-11(2)19/h3-8,10,17H,9H2,1-2H3,(H,18,19)/t10-/m0/s1. The highest BCUT2D eigenvalue weighted by atomic mass is 35.5. The lowest BCUT2D eigenvalue weighted by Gasteiger charge is -2.15. The largest absolute Gasteiger partial charge is 0.326 e. The van der Waals surface area contributed by atoms with E-state index in [1.54, 1.807) is 11.3 Å². The van der Waals surface area contributed by atoms with E-state index in [0.717, 1.165) is 22.1 Å². The normalized spacial score (nSPS) is 12.2. The molecule has 0 unspecified atom stereocenters. The minimum Gasteiger partial charge on any atom is -0.326 e. The van der Waals surface area contributed by atoms with Crippen molar-refractivity contribution in [2.75, 3.05) is 5.32 Å². The van der Waals surface area contributed by atoms with Crippen LogP contribution in [0, 0.1) is 0 Å². The van der Waals surface area contributed by atoms with Crippen LogP contribution in [-0.2, 0) is 11.3 Å². The Hall–Kier alpha value is -1.36. The van der Waals surface area contributed by atoms with E-state index >= 15 is 0 Å². The van der Waals surface area contributed by atoms with Gasteiger partial charge in [-0.2, -0.15) is 0 Å². The van der Waals surface area contributed by atoms with E-state index in [4.69, 9.17) is 11.6 Å². The lowest BCUT2D eigenvalue weighted by Crippen LogP contribution is -2.17. The van der Waals surface area contributed by atoms with Gasteiger partial charge in [-0.1, -0.05) is 23.7 Å². The van der Waals surface area contributed by atoms with Crippen LogP contribution in [0.25, 0.3) is 0 Å². The molecule has 2 rings (SSSR count). The Morgan fingerprint density at radius 1 is 1.35 bits per heavy atom. The second kappa shape index (κ2) is 6.88. The van der Waals surface area contributed by atoms with Gasteiger partial charge in [0.2, 0.25) is 5.91 Å². The molecule has 3 nitrogen and oxygen atoms in total. The second-order valence-electron chi connectivity index (χ2n) is 4.62. The van der Waals surface area contributed by atoms with Gasteiger partial charge in [0.15, 0.2) is 0 Å². The molecule has 1 heterocycles. The molecule has 0 bridgehead atoms. The smallest absolute Gasteiger partial charge is 0.221 e. The zero-order chi connectivity index (χ0) is 14.5. The van der Waals surface area contributed by atoms with Gasteiger partial charge in [-0.15, -0.1) is 11.3 Å². The summed E-state index contributed by atoms with van der Waals surface area (Å²) in [6.07, 6.45) is 0. The van der Waals surface area contributed by atoms with Gasteiger partial charge < -0.3 is 10.6 Å². The first-order valence-corrected chi connectivity index (χ1v) is 7.59. The second-order valence-corrected chi connectivity index (χ2v) is 6.41. The molecule has 106 valence electrons. The molecule has 1 atom stereocenters. The Morgan fingerprint density at radius 3 is 2.80 bits per heavy atom. The Morgan fingerprint density at radius 2 is 2.15 bits per heavy atom. The van der Waals surface area contributed by atoms with Crippen molar-refractivity contribution < 1.29 is 4.79 Å². The molecule has 2 N–H and O–H groups in total. The van der Waals surface area contributed by atoms with Crippen molar-refractivity contribution in [1.82, 2.24) is 5.32 Å². The lowest BCUT2D eigenvalue weighted by molar-refractivity contribution is -0.114. The van der Waals surface area contributed by atoms with Crippen molar-refractivity contribution in [1.29, 1.82) is 0 Å². The summed E-state index contributed by atoms with van der Waals surface area (Å²) in [7, 11) is 0. The van der Waals surface area contributed by atoms with Crippen molar-refractivity contribution in [2.45, 2.75) is 26.4 Å². The summed E-state index contributed by atoms with van der Waals surface area (Å²) in [5.41, 5.74) is 1.96. The minimum absolute atomic E-state index is 0.0593. The van der Waals surface area contributed by atoms with Crippen molar-refractivity contribution in [3.63, 3.8) is 0 Å². The number of nitrogens with one attached hydrogen (secondary N) is 2. The molecule has 0 spiro atoms. The van der Waals surface area contributed by atoms with E-state index in [9.17, 15) is 4.79 Å². The predicted octanol–water partition coefficient (Wildman–Crippen LogP) is 4.21. The Labute approximate surface area is 128 Å². The van der Waals surface area contributed by atoms with Gasteiger partial charge in [-0.3, -0.25) is 4.79 Å². The predicted molar refractivity (Wildman–Crippen MR) is 85.3 cm³/mol. The maximum Gasteiger partial charge on any atom is 0.221 e. The van der Waals surface area contributed by atoms with Gasteiger partial charge in [0, 0.05) is 30.1 Å². The van der Waals surface area contributed by atoms with Gasteiger partial charge in [-0.25, -0.2) is 0 Å². The van der Waals surface area contributed by atoms with Gasteiger partial charge >= 0.3 is 0 Å². The van der Waals surface area contributed by atoms with Crippen LogP contribution in [0.4, 0.5) is 5.69 Å². The van der Waals surface area contributed by atoms with E-state index in [1.165, 1.54) is 11.8 Å². The molecule has 0 fully saturated rings. The molecule has 1 aromatic heterocycles. The van der Waals surface area contributed by atoms with E-state index in [2.05, 4.69) is 17.6 Å². The lowest BCUT2D eigenvalue weighted by atomic mass is 10.1. The van der Waals surface area contributed by atoms with Gasteiger partial charge in [-0.05, 0) is 36.8 Å². The zero-order valence-electron chi connectivity index (χ0n) is 11.4. The van der Waals surface area contributed by atoms with Crippen LogP contribution in [0.15, 0.2) is 36.4 Å². The van der Waals surface area contributed by atoms with Crippen LogP contribution >= 0.6 is 22.9 Å². The number of halogens is 1. The number of benzene rings is 1. The van der Waals surface area contributed by atoms with Crippen LogP contribution in [0.2, 0.25) is 4.34 Å². The number of hydrogen-bond donors (Lipinski definition) is 2. The summed E-state index contributed by atoms with van der Waals surface area (Å²) in [5, 5.41) is 6.24. The van der Waals surface area contributed by atoms with Gasteiger partial charge in [0.1, 0.15) is 0 Å². The fraction of sp³-hybridized carbons (Fsp3) is 0.267. The average Bonchev–Trinajstić information content (AvgIpc) is 2.81. The number of carbonyl (C=O) groups is 1. The molecule has 0 aliphatic heterocycles. The Balaban J connectivity index is 1.97. The summed E-state index contributed by atoms with van der Waals surface area (Å²) in [4.78, 5) is 12.3. The van der Waals surface area contributed by atoms with Crippen molar-refractivity contribution >= 4 is 34.5 Å². The first kappa shape index (κ1) is 15.0. The molecular weight excluding hydrogens is 292 g/mol. The topological polar surface area (TPSA) is 41.1 Å².